The van der Waals surface area contributed by atoms with Gasteiger partial charge in [0.2, 0.25) is 0 Å². The molecule has 2 rings (SSSR count). The van der Waals surface area contributed by atoms with Crippen molar-refractivity contribution in [3.63, 3.8) is 0 Å². The number of rotatable bonds is 1. The minimum atomic E-state index is -0.187. The standard InChI is InChI=1S/C17H19F/c1-12-8-9-14(17(2,3)4)11-16(12)13-6-5-7-15(18)10-13/h5-11H,1-4H3. The maximum absolute atomic E-state index is 13.3. The highest BCUT2D eigenvalue weighted by Gasteiger charge is 2.15. The molecule has 0 heterocycles. The average molecular weight is 242 g/mol. The van der Waals surface area contributed by atoms with E-state index >= 15 is 0 Å². The largest absolute Gasteiger partial charge is 0.207 e. The van der Waals surface area contributed by atoms with Gasteiger partial charge >= 0.3 is 0 Å². The lowest BCUT2D eigenvalue weighted by molar-refractivity contribution is 0.590. The fourth-order valence-electron chi connectivity index (χ4n) is 2.06. The van der Waals surface area contributed by atoms with Gasteiger partial charge in [0.25, 0.3) is 0 Å². The Morgan fingerprint density at radius 2 is 1.67 bits per heavy atom. The van der Waals surface area contributed by atoms with Crippen molar-refractivity contribution in [2.45, 2.75) is 33.1 Å². The Balaban J connectivity index is 2.57. The van der Waals surface area contributed by atoms with Crippen molar-refractivity contribution in [3.8, 4) is 11.1 Å². The zero-order valence-corrected chi connectivity index (χ0v) is 11.4. The van der Waals surface area contributed by atoms with E-state index in [1.165, 1.54) is 17.2 Å². The molecule has 0 unspecified atom stereocenters. The second-order valence-corrected chi connectivity index (χ2v) is 5.79. The predicted octanol–water partition coefficient (Wildman–Crippen LogP) is 5.10. The van der Waals surface area contributed by atoms with Gasteiger partial charge in [-0.15, -0.1) is 0 Å². The molecule has 0 saturated carbocycles. The summed E-state index contributed by atoms with van der Waals surface area (Å²) in [6, 6.07) is 13.2. The van der Waals surface area contributed by atoms with Crippen molar-refractivity contribution in [1.29, 1.82) is 0 Å². The van der Waals surface area contributed by atoms with Crippen LogP contribution in [0.1, 0.15) is 31.9 Å². The molecule has 2 aromatic carbocycles. The van der Waals surface area contributed by atoms with Crippen molar-refractivity contribution < 1.29 is 4.39 Å². The van der Waals surface area contributed by atoms with Crippen molar-refractivity contribution in [2.75, 3.05) is 0 Å². The molecule has 0 radical (unpaired) electrons. The van der Waals surface area contributed by atoms with Crippen LogP contribution in [0.5, 0.6) is 0 Å². The van der Waals surface area contributed by atoms with Crippen LogP contribution in [0.15, 0.2) is 42.5 Å². The molecule has 0 amide bonds. The van der Waals surface area contributed by atoms with Crippen LogP contribution in [0.2, 0.25) is 0 Å². The van der Waals surface area contributed by atoms with Crippen LogP contribution in [0.3, 0.4) is 0 Å². The number of aryl methyl sites for hydroxylation is 1. The third-order valence-corrected chi connectivity index (χ3v) is 3.24. The second-order valence-electron chi connectivity index (χ2n) is 5.79. The molecule has 0 aliphatic rings. The molecule has 0 spiro atoms. The number of halogens is 1. The summed E-state index contributed by atoms with van der Waals surface area (Å²) >= 11 is 0. The first-order valence-electron chi connectivity index (χ1n) is 6.25. The lowest BCUT2D eigenvalue weighted by Crippen LogP contribution is -2.11. The van der Waals surface area contributed by atoms with E-state index in [0.717, 1.165) is 11.1 Å². The number of benzene rings is 2. The van der Waals surface area contributed by atoms with Crippen LogP contribution in [-0.2, 0) is 5.41 Å². The predicted molar refractivity (Wildman–Crippen MR) is 75.3 cm³/mol. The third-order valence-electron chi connectivity index (χ3n) is 3.24. The summed E-state index contributed by atoms with van der Waals surface area (Å²) in [5, 5.41) is 0. The molecule has 2 aromatic rings. The highest BCUT2D eigenvalue weighted by molar-refractivity contribution is 5.68. The van der Waals surface area contributed by atoms with Crippen LogP contribution in [-0.4, -0.2) is 0 Å². The SMILES string of the molecule is Cc1ccc(C(C)(C)C)cc1-c1cccc(F)c1. The van der Waals surface area contributed by atoms with Crippen molar-refractivity contribution in [2.24, 2.45) is 0 Å². The summed E-state index contributed by atoms with van der Waals surface area (Å²) in [5.74, 6) is -0.187. The van der Waals surface area contributed by atoms with Crippen LogP contribution < -0.4 is 0 Å². The Labute approximate surface area is 108 Å². The van der Waals surface area contributed by atoms with E-state index in [-0.39, 0.29) is 11.2 Å². The van der Waals surface area contributed by atoms with Gasteiger partial charge in [-0.3, -0.25) is 0 Å². The maximum Gasteiger partial charge on any atom is 0.123 e. The molecule has 0 atom stereocenters. The number of hydrogen-bond donors (Lipinski definition) is 0. The molecule has 0 bridgehead atoms. The van der Waals surface area contributed by atoms with E-state index in [0.29, 0.717) is 0 Å². The van der Waals surface area contributed by atoms with Gasteiger partial charge in [-0.1, -0.05) is 51.1 Å². The van der Waals surface area contributed by atoms with Crippen molar-refractivity contribution in [1.82, 2.24) is 0 Å². The first kappa shape index (κ1) is 12.8. The summed E-state index contributed by atoms with van der Waals surface area (Å²) in [4.78, 5) is 0. The highest BCUT2D eigenvalue weighted by Crippen LogP contribution is 2.30. The fraction of sp³-hybridized carbons (Fsp3) is 0.294. The van der Waals surface area contributed by atoms with E-state index in [9.17, 15) is 4.39 Å². The lowest BCUT2D eigenvalue weighted by atomic mass is 9.84. The monoisotopic (exact) mass is 242 g/mol. The van der Waals surface area contributed by atoms with E-state index < -0.39 is 0 Å². The van der Waals surface area contributed by atoms with E-state index in [1.54, 1.807) is 12.1 Å². The summed E-state index contributed by atoms with van der Waals surface area (Å²) in [5.41, 5.74) is 4.61. The number of hydrogen-bond acceptors (Lipinski definition) is 0. The zero-order chi connectivity index (χ0) is 13.3. The minimum absolute atomic E-state index is 0.107. The Bertz CT molecular complexity index is 562. The molecule has 0 aliphatic heterocycles. The van der Waals surface area contributed by atoms with Crippen molar-refractivity contribution >= 4 is 0 Å². The van der Waals surface area contributed by atoms with Gasteiger partial charge in [-0.25, -0.2) is 4.39 Å². The van der Waals surface area contributed by atoms with Gasteiger partial charge in [0.1, 0.15) is 5.82 Å². The molecule has 0 nitrogen and oxygen atoms in total. The van der Waals surface area contributed by atoms with Crippen LogP contribution in [0, 0.1) is 12.7 Å². The van der Waals surface area contributed by atoms with Crippen LogP contribution in [0.25, 0.3) is 11.1 Å². The first-order chi connectivity index (χ1) is 8.38. The Morgan fingerprint density at radius 3 is 2.28 bits per heavy atom. The molecule has 0 aromatic heterocycles. The van der Waals surface area contributed by atoms with E-state index in [4.69, 9.17) is 0 Å². The summed E-state index contributed by atoms with van der Waals surface area (Å²) in [6.07, 6.45) is 0. The summed E-state index contributed by atoms with van der Waals surface area (Å²) in [7, 11) is 0. The highest BCUT2D eigenvalue weighted by atomic mass is 19.1. The molecule has 0 N–H and O–H groups in total. The first-order valence-corrected chi connectivity index (χ1v) is 6.25. The maximum atomic E-state index is 13.3. The van der Waals surface area contributed by atoms with Gasteiger partial charge in [0.05, 0.1) is 0 Å². The topological polar surface area (TPSA) is 0 Å². The fourth-order valence-corrected chi connectivity index (χ4v) is 2.06. The van der Waals surface area contributed by atoms with Gasteiger partial charge in [0.15, 0.2) is 0 Å². The lowest BCUT2D eigenvalue weighted by Gasteiger charge is -2.21. The molecule has 0 saturated heterocycles. The molecular formula is C17H19F. The van der Waals surface area contributed by atoms with Crippen LogP contribution in [0.4, 0.5) is 4.39 Å². The Hall–Kier alpha value is -1.63. The molecule has 18 heavy (non-hydrogen) atoms. The third kappa shape index (κ3) is 2.61. The molecular weight excluding hydrogens is 223 g/mol. The van der Waals surface area contributed by atoms with Crippen molar-refractivity contribution in [3.05, 3.63) is 59.4 Å². The Kier molecular flexibility index (Phi) is 3.25. The smallest absolute Gasteiger partial charge is 0.123 e. The zero-order valence-electron chi connectivity index (χ0n) is 11.4. The molecule has 0 fully saturated rings. The molecule has 0 aliphatic carbocycles. The summed E-state index contributed by atoms with van der Waals surface area (Å²) in [6.45, 7) is 8.62. The van der Waals surface area contributed by atoms with Gasteiger partial charge in [-0.2, -0.15) is 0 Å². The minimum Gasteiger partial charge on any atom is -0.207 e. The normalized spacial score (nSPS) is 11.6. The van der Waals surface area contributed by atoms with E-state index in [2.05, 4.69) is 45.9 Å². The summed E-state index contributed by atoms with van der Waals surface area (Å²) < 4.78 is 13.3. The quantitative estimate of drug-likeness (QED) is 0.652. The Morgan fingerprint density at radius 1 is 0.944 bits per heavy atom. The van der Waals surface area contributed by atoms with Gasteiger partial charge < -0.3 is 0 Å². The second kappa shape index (κ2) is 4.56. The van der Waals surface area contributed by atoms with Crippen LogP contribution >= 0.6 is 0 Å². The van der Waals surface area contributed by atoms with E-state index in [1.807, 2.05) is 6.07 Å². The van der Waals surface area contributed by atoms with Gasteiger partial charge in [-0.05, 0) is 46.7 Å². The molecule has 94 valence electrons. The average Bonchev–Trinajstić information content (AvgIpc) is 2.28. The molecule has 1 heteroatoms. The van der Waals surface area contributed by atoms with Gasteiger partial charge in [0, 0.05) is 0 Å².